The lowest BCUT2D eigenvalue weighted by Gasteiger charge is -2.19. The second-order valence-corrected chi connectivity index (χ2v) is 5.91. The Morgan fingerprint density at radius 2 is 1.80 bits per heavy atom. The van der Waals surface area contributed by atoms with Gasteiger partial charge in [0.15, 0.2) is 0 Å². The molecule has 0 aliphatic carbocycles. The van der Waals surface area contributed by atoms with E-state index in [4.69, 9.17) is 4.74 Å². The number of hydrogen-bond acceptors (Lipinski definition) is 2. The van der Waals surface area contributed by atoms with Gasteiger partial charge in [0.25, 0.3) is 0 Å². The smallest absolute Gasteiger partial charge is 0.340 e. The summed E-state index contributed by atoms with van der Waals surface area (Å²) in [6, 6.07) is 12.1. The summed E-state index contributed by atoms with van der Waals surface area (Å²) in [7, 11) is 0. The third kappa shape index (κ3) is 2.16. The number of fused-ring (bicyclic) bond motifs is 3. The number of hydrogen-bond donors (Lipinski definition) is 1. The molecule has 2 aromatic carbocycles. The monoisotopic (exact) mass is 267 g/mol. The second kappa shape index (κ2) is 4.37. The summed E-state index contributed by atoms with van der Waals surface area (Å²) in [6.07, 6.45) is 1.73. The predicted octanol–water partition coefficient (Wildman–Crippen LogP) is 4.28. The molecule has 20 heavy (non-hydrogen) atoms. The fourth-order valence-corrected chi connectivity index (χ4v) is 2.38. The number of esters is 1. The lowest BCUT2D eigenvalue weighted by atomic mass is 10.1. The van der Waals surface area contributed by atoms with Gasteiger partial charge < -0.3 is 9.72 Å². The van der Waals surface area contributed by atoms with E-state index in [1.54, 1.807) is 6.20 Å². The van der Waals surface area contributed by atoms with Crippen LogP contribution in [0.2, 0.25) is 0 Å². The van der Waals surface area contributed by atoms with Crippen LogP contribution < -0.4 is 0 Å². The lowest BCUT2D eigenvalue weighted by molar-refractivity contribution is 0.00719. The van der Waals surface area contributed by atoms with Gasteiger partial charge in [0.1, 0.15) is 5.60 Å². The minimum atomic E-state index is -0.489. The van der Waals surface area contributed by atoms with E-state index in [1.807, 2.05) is 51.1 Å². The molecule has 0 aliphatic rings. The molecule has 3 nitrogen and oxygen atoms in total. The zero-order valence-electron chi connectivity index (χ0n) is 11.9. The summed E-state index contributed by atoms with van der Waals surface area (Å²) < 4.78 is 5.44. The molecular formula is C17H17NO2. The van der Waals surface area contributed by atoms with Gasteiger partial charge in [-0.25, -0.2) is 4.79 Å². The number of nitrogens with one attached hydrogen (secondary N) is 1. The summed E-state index contributed by atoms with van der Waals surface area (Å²) in [4.78, 5) is 15.4. The Bertz CT molecular complexity index is 793. The standard InChI is InChI=1S/C17H17NO2/c1-17(2,3)20-16(19)14-10-18-15-12-7-5-4-6-11(12)8-9-13(14)15/h4-10,18H,1-3H3. The topological polar surface area (TPSA) is 42.1 Å². The van der Waals surface area contributed by atoms with E-state index in [1.165, 1.54) is 0 Å². The highest BCUT2D eigenvalue weighted by Gasteiger charge is 2.20. The van der Waals surface area contributed by atoms with Crippen LogP contribution in [0.25, 0.3) is 21.7 Å². The molecule has 1 aromatic heterocycles. The van der Waals surface area contributed by atoms with Crippen molar-refractivity contribution >= 4 is 27.6 Å². The van der Waals surface area contributed by atoms with Gasteiger partial charge in [-0.15, -0.1) is 0 Å². The second-order valence-electron chi connectivity index (χ2n) is 5.91. The van der Waals surface area contributed by atoms with Crippen LogP contribution in [0.4, 0.5) is 0 Å². The van der Waals surface area contributed by atoms with Gasteiger partial charge >= 0.3 is 5.97 Å². The van der Waals surface area contributed by atoms with E-state index in [0.29, 0.717) is 5.56 Å². The van der Waals surface area contributed by atoms with Crippen molar-refractivity contribution < 1.29 is 9.53 Å². The van der Waals surface area contributed by atoms with Crippen molar-refractivity contribution in [3.05, 3.63) is 48.2 Å². The van der Waals surface area contributed by atoms with Gasteiger partial charge in [-0.3, -0.25) is 0 Å². The number of benzene rings is 2. The molecule has 0 aliphatic heterocycles. The fraction of sp³-hybridized carbons (Fsp3) is 0.235. The molecule has 0 radical (unpaired) electrons. The average Bonchev–Trinajstić information content (AvgIpc) is 2.81. The van der Waals surface area contributed by atoms with E-state index >= 15 is 0 Å². The first-order valence-electron chi connectivity index (χ1n) is 6.68. The van der Waals surface area contributed by atoms with Crippen LogP contribution in [0.15, 0.2) is 42.6 Å². The average molecular weight is 267 g/mol. The molecule has 0 fully saturated rings. The first-order valence-corrected chi connectivity index (χ1v) is 6.68. The van der Waals surface area contributed by atoms with Gasteiger partial charge in [0, 0.05) is 17.0 Å². The highest BCUT2D eigenvalue weighted by atomic mass is 16.6. The van der Waals surface area contributed by atoms with Crippen LogP contribution in [0, 0.1) is 0 Å². The van der Waals surface area contributed by atoms with Crippen molar-refractivity contribution in [1.82, 2.24) is 4.98 Å². The molecule has 0 saturated carbocycles. The maximum absolute atomic E-state index is 12.2. The number of ether oxygens (including phenoxy) is 1. The first kappa shape index (κ1) is 12.7. The van der Waals surface area contributed by atoms with Gasteiger partial charge in [-0.1, -0.05) is 36.4 Å². The third-order valence-electron chi connectivity index (χ3n) is 3.20. The largest absolute Gasteiger partial charge is 0.456 e. The van der Waals surface area contributed by atoms with Crippen LogP contribution in [-0.4, -0.2) is 16.6 Å². The summed E-state index contributed by atoms with van der Waals surface area (Å²) in [6.45, 7) is 5.61. The fourth-order valence-electron chi connectivity index (χ4n) is 2.38. The van der Waals surface area contributed by atoms with E-state index < -0.39 is 5.60 Å². The lowest BCUT2D eigenvalue weighted by Crippen LogP contribution is -2.23. The van der Waals surface area contributed by atoms with Crippen molar-refractivity contribution in [2.75, 3.05) is 0 Å². The van der Waals surface area contributed by atoms with Gasteiger partial charge in [0.05, 0.1) is 11.1 Å². The molecule has 0 unspecified atom stereocenters. The SMILES string of the molecule is CC(C)(C)OC(=O)c1c[nH]c2c1ccc1ccccc12. The number of aromatic nitrogens is 1. The predicted molar refractivity (Wildman–Crippen MR) is 81.0 cm³/mol. The third-order valence-corrected chi connectivity index (χ3v) is 3.20. The van der Waals surface area contributed by atoms with Crippen molar-refractivity contribution in [3.8, 4) is 0 Å². The Hall–Kier alpha value is -2.29. The Labute approximate surface area is 117 Å². The molecule has 3 aromatic rings. The molecule has 0 spiro atoms. The molecular weight excluding hydrogens is 250 g/mol. The van der Waals surface area contributed by atoms with Crippen molar-refractivity contribution in [3.63, 3.8) is 0 Å². The Morgan fingerprint density at radius 3 is 2.55 bits per heavy atom. The van der Waals surface area contributed by atoms with Crippen LogP contribution in [0.3, 0.4) is 0 Å². The van der Waals surface area contributed by atoms with E-state index in [-0.39, 0.29) is 5.97 Å². The minimum absolute atomic E-state index is 0.293. The zero-order valence-corrected chi connectivity index (χ0v) is 11.9. The first-order chi connectivity index (χ1) is 9.46. The molecule has 1 N–H and O–H groups in total. The van der Waals surface area contributed by atoms with E-state index in [9.17, 15) is 4.79 Å². The van der Waals surface area contributed by atoms with E-state index in [2.05, 4.69) is 11.1 Å². The number of carbonyl (C=O) groups is 1. The van der Waals surface area contributed by atoms with Crippen molar-refractivity contribution in [1.29, 1.82) is 0 Å². The Balaban J connectivity index is 2.15. The van der Waals surface area contributed by atoms with Crippen LogP contribution >= 0.6 is 0 Å². The van der Waals surface area contributed by atoms with E-state index in [0.717, 1.165) is 21.7 Å². The minimum Gasteiger partial charge on any atom is -0.456 e. The molecule has 102 valence electrons. The highest BCUT2D eigenvalue weighted by molar-refractivity contribution is 6.13. The molecule has 0 atom stereocenters. The molecule has 0 amide bonds. The van der Waals surface area contributed by atoms with Crippen LogP contribution in [-0.2, 0) is 4.74 Å². The van der Waals surface area contributed by atoms with Crippen molar-refractivity contribution in [2.45, 2.75) is 26.4 Å². The molecule has 0 saturated heterocycles. The quantitative estimate of drug-likeness (QED) is 0.669. The molecule has 3 heteroatoms. The van der Waals surface area contributed by atoms with Crippen LogP contribution in [0.5, 0.6) is 0 Å². The summed E-state index contributed by atoms with van der Waals surface area (Å²) in [5.41, 5.74) is 1.07. The van der Waals surface area contributed by atoms with Crippen LogP contribution in [0.1, 0.15) is 31.1 Å². The van der Waals surface area contributed by atoms with Gasteiger partial charge in [0.2, 0.25) is 0 Å². The number of rotatable bonds is 1. The number of carbonyl (C=O) groups excluding carboxylic acids is 1. The maximum Gasteiger partial charge on any atom is 0.340 e. The number of H-pyrrole nitrogens is 1. The van der Waals surface area contributed by atoms with Gasteiger partial charge in [-0.2, -0.15) is 0 Å². The molecule has 1 heterocycles. The summed E-state index contributed by atoms with van der Waals surface area (Å²) in [5, 5.41) is 3.16. The zero-order chi connectivity index (χ0) is 14.3. The summed E-state index contributed by atoms with van der Waals surface area (Å²) in [5.74, 6) is -0.293. The maximum atomic E-state index is 12.2. The summed E-state index contributed by atoms with van der Waals surface area (Å²) >= 11 is 0. The highest BCUT2D eigenvalue weighted by Crippen LogP contribution is 2.28. The van der Waals surface area contributed by atoms with Gasteiger partial charge in [-0.05, 0) is 26.2 Å². The number of aromatic amines is 1. The Morgan fingerprint density at radius 1 is 1.05 bits per heavy atom. The van der Waals surface area contributed by atoms with Crippen molar-refractivity contribution in [2.24, 2.45) is 0 Å². The normalized spacial score (nSPS) is 11.9. The molecule has 3 rings (SSSR count). The Kier molecular flexibility index (Phi) is 2.78. The molecule has 0 bridgehead atoms.